The number of amides is 1. The summed E-state index contributed by atoms with van der Waals surface area (Å²) in [6.07, 6.45) is 1.50. The lowest BCUT2D eigenvalue weighted by molar-refractivity contribution is -0.140. The lowest BCUT2D eigenvalue weighted by Crippen LogP contribution is -2.25. The van der Waals surface area contributed by atoms with Crippen LogP contribution in [-0.2, 0) is 41.7 Å². The Balaban J connectivity index is 2.21. The molecule has 0 unspecified atom stereocenters. The van der Waals surface area contributed by atoms with E-state index in [0.29, 0.717) is 6.54 Å². The Bertz CT molecular complexity index is 676. The van der Waals surface area contributed by atoms with Crippen LogP contribution in [-0.4, -0.2) is 44.5 Å². The molecule has 1 aromatic rings. The summed E-state index contributed by atoms with van der Waals surface area (Å²) >= 11 is 0. The number of benzene rings is 1. The molecule has 0 atom stereocenters. The molecule has 2 N–H and O–H groups in total. The number of hydrogen-bond donors (Lipinski definition) is 2. The van der Waals surface area contributed by atoms with Gasteiger partial charge in [0, 0.05) is 25.2 Å². The zero-order valence-corrected chi connectivity index (χ0v) is 15.5. The molecule has 9 heteroatoms. The van der Waals surface area contributed by atoms with E-state index >= 15 is 0 Å². The molecule has 0 aliphatic heterocycles. The second-order valence-electron chi connectivity index (χ2n) is 5.22. The first-order valence-corrected chi connectivity index (χ1v) is 8.46. The minimum Gasteiger partial charge on any atom is -0.460 e. The van der Waals surface area contributed by atoms with E-state index in [9.17, 15) is 14.4 Å². The summed E-state index contributed by atoms with van der Waals surface area (Å²) < 4.78 is 14.3. The first-order chi connectivity index (χ1) is 13.5. The molecule has 0 aromatic heterocycles. The number of carbonyl (C=O) groups excluding carboxylic acids is 3. The molecule has 0 bridgehead atoms. The Hall–Kier alpha value is -3.17. The van der Waals surface area contributed by atoms with Crippen LogP contribution in [0.15, 0.2) is 49.6 Å². The standard InChI is InChI=1S/C19H24N2O7/c1-3-17(22)25-8-9-27-19(24)20-13-15-6-5-7-16(12-15)14-21-28-11-10-26-18(23)4-2/h3-7,12,21H,1-2,8-11,13-14H2,(H,20,24). The third kappa shape index (κ3) is 10.7. The first-order valence-electron chi connectivity index (χ1n) is 8.46. The number of carbonyl (C=O) groups is 3. The van der Waals surface area contributed by atoms with Gasteiger partial charge >= 0.3 is 18.0 Å². The molecule has 1 rings (SSSR count). The van der Waals surface area contributed by atoms with Crippen LogP contribution in [0.25, 0.3) is 0 Å². The highest BCUT2D eigenvalue weighted by Crippen LogP contribution is 2.05. The molecular formula is C19H24N2O7. The fourth-order valence-corrected chi connectivity index (χ4v) is 1.86. The monoisotopic (exact) mass is 392 g/mol. The van der Waals surface area contributed by atoms with Crippen molar-refractivity contribution in [2.45, 2.75) is 13.1 Å². The first kappa shape index (κ1) is 22.9. The highest BCUT2D eigenvalue weighted by molar-refractivity contribution is 5.81. The van der Waals surface area contributed by atoms with Gasteiger partial charge in [-0.3, -0.25) is 4.84 Å². The maximum atomic E-state index is 11.6. The largest absolute Gasteiger partial charge is 0.460 e. The van der Waals surface area contributed by atoms with Crippen LogP contribution in [0.5, 0.6) is 0 Å². The average molecular weight is 392 g/mol. The Labute approximate surface area is 163 Å². The van der Waals surface area contributed by atoms with Crippen LogP contribution >= 0.6 is 0 Å². The van der Waals surface area contributed by atoms with Crippen LogP contribution < -0.4 is 10.8 Å². The van der Waals surface area contributed by atoms with Gasteiger partial charge in [0.05, 0.1) is 0 Å². The minimum atomic E-state index is -0.615. The smallest absolute Gasteiger partial charge is 0.407 e. The molecule has 1 amide bonds. The molecule has 0 fully saturated rings. The van der Waals surface area contributed by atoms with Crippen LogP contribution in [0.3, 0.4) is 0 Å². The van der Waals surface area contributed by atoms with Gasteiger partial charge in [-0.25, -0.2) is 14.4 Å². The van der Waals surface area contributed by atoms with Crippen molar-refractivity contribution < 1.29 is 33.4 Å². The molecule has 0 saturated carbocycles. The topological polar surface area (TPSA) is 112 Å². The van der Waals surface area contributed by atoms with E-state index < -0.39 is 18.0 Å². The molecule has 28 heavy (non-hydrogen) atoms. The number of nitrogens with one attached hydrogen (secondary N) is 2. The lowest BCUT2D eigenvalue weighted by atomic mass is 10.1. The van der Waals surface area contributed by atoms with Crippen LogP contribution in [0, 0.1) is 0 Å². The lowest BCUT2D eigenvalue weighted by Gasteiger charge is -2.09. The van der Waals surface area contributed by atoms with Crippen molar-refractivity contribution in [2.75, 3.05) is 26.4 Å². The minimum absolute atomic E-state index is 0.0355. The number of ether oxygens (including phenoxy) is 3. The van der Waals surface area contributed by atoms with Crippen molar-refractivity contribution >= 4 is 18.0 Å². The Morgan fingerprint density at radius 1 is 0.857 bits per heavy atom. The zero-order valence-electron chi connectivity index (χ0n) is 15.5. The van der Waals surface area contributed by atoms with Gasteiger partial charge < -0.3 is 19.5 Å². The quantitative estimate of drug-likeness (QED) is 0.170. The molecule has 0 saturated heterocycles. The third-order valence-corrected chi connectivity index (χ3v) is 3.13. The van der Waals surface area contributed by atoms with E-state index in [-0.39, 0.29) is 33.0 Å². The van der Waals surface area contributed by atoms with Crippen LogP contribution in [0.2, 0.25) is 0 Å². The van der Waals surface area contributed by atoms with Crippen LogP contribution in [0.1, 0.15) is 11.1 Å². The second-order valence-corrected chi connectivity index (χ2v) is 5.22. The summed E-state index contributed by atoms with van der Waals surface area (Å²) in [5.41, 5.74) is 4.56. The maximum absolute atomic E-state index is 11.6. The summed E-state index contributed by atoms with van der Waals surface area (Å²) in [6, 6.07) is 7.48. The molecule has 0 radical (unpaired) electrons. The van der Waals surface area contributed by atoms with E-state index in [0.717, 1.165) is 23.3 Å². The van der Waals surface area contributed by atoms with E-state index in [1.165, 1.54) is 0 Å². The van der Waals surface area contributed by atoms with Crippen molar-refractivity contribution in [1.29, 1.82) is 0 Å². The number of rotatable bonds is 13. The van der Waals surface area contributed by atoms with Gasteiger partial charge in [-0.2, -0.15) is 5.48 Å². The predicted molar refractivity (Wildman–Crippen MR) is 99.7 cm³/mol. The van der Waals surface area contributed by atoms with Gasteiger partial charge in [-0.15, -0.1) is 0 Å². The van der Waals surface area contributed by atoms with Crippen molar-refractivity contribution in [3.05, 3.63) is 60.7 Å². The molecule has 0 aliphatic carbocycles. The highest BCUT2D eigenvalue weighted by Gasteiger charge is 2.04. The second kappa shape index (κ2) is 14.0. The number of alkyl carbamates (subject to hydrolysis) is 1. The molecule has 152 valence electrons. The summed E-state index contributed by atoms with van der Waals surface area (Å²) in [5.74, 6) is -1.07. The summed E-state index contributed by atoms with van der Waals surface area (Å²) in [6.45, 7) is 7.50. The van der Waals surface area contributed by atoms with Gasteiger partial charge in [0.1, 0.15) is 26.4 Å². The van der Waals surface area contributed by atoms with Crippen molar-refractivity contribution in [3.8, 4) is 0 Å². The van der Waals surface area contributed by atoms with E-state index in [1.807, 2.05) is 24.3 Å². The normalized spacial score (nSPS) is 9.86. The number of hydrogen-bond acceptors (Lipinski definition) is 8. The average Bonchev–Trinajstić information content (AvgIpc) is 2.72. The Morgan fingerprint density at radius 2 is 1.43 bits per heavy atom. The molecule has 0 heterocycles. The summed E-state index contributed by atoms with van der Waals surface area (Å²) in [7, 11) is 0. The molecular weight excluding hydrogens is 368 g/mol. The van der Waals surface area contributed by atoms with E-state index in [2.05, 4.69) is 28.7 Å². The number of hydroxylamine groups is 1. The van der Waals surface area contributed by atoms with Crippen molar-refractivity contribution in [2.24, 2.45) is 0 Å². The molecule has 1 aromatic carbocycles. The van der Waals surface area contributed by atoms with Gasteiger partial charge in [-0.05, 0) is 11.1 Å². The fraction of sp³-hybridized carbons (Fsp3) is 0.316. The van der Waals surface area contributed by atoms with Crippen molar-refractivity contribution in [3.63, 3.8) is 0 Å². The highest BCUT2D eigenvalue weighted by atomic mass is 16.7. The summed E-state index contributed by atoms with van der Waals surface area (Å²) in [4.78, 5) is 38.4. The summed E-state index contributed by atoms with van der Waals surface area (Å²) in [5, 5.41) is 2.60. The van der Waals surface area contributed by atoms with Gasteiger partial charge in [0.2, 0.25) is 0 Å². The van der Waals surface area contributed by atoms with Gasteiger partial charge in [-0.1, -0.05) is 37.4 Å². The SMILES string of the molecule is C=CC(=O)OCCONCc1cccc(CNC(=O)OCCOC(=O)C=C)c1. The fourth-order valence-electron chi connectivity index (χ4n) is 1.86. The Morgan fingerprint density at radius 3 is 2.07 bits per heavy atom. The van der Waals surface area contributed by atoms with E-state index in [4.69, 9.17) is 14.3 Å². The van der Waals surface area contributed by atoms with Gasteiger partial charge in [0.15, 0.2) is 0 Å². The van der Waals surface area contributed by atoms with Crippen molar-refractivity contribution in [1.82, 2.24) is 10.8 Å². The van der Waals surface area contributed by atoms with Gasteiger partial charge in [0.25, 0.3) is 0 Å². The Kier molecular flexibility index (Phi) is 11.4. The maximum Gasteiger partial charge on any atom is 0.407 e. The third-order valence-electron chi connectivity index (χ3n) is 3.13. The molecule has 0 spiro atoms. The zero-order chi connectivity index (χ0) is 20.6. The number of esters is 2. The van der Waals surface area contributed by atoms with E-state index in [1.54, 1.807) is 0 Å². The molecule has 9 nitrogen and oxygen atoms in total. The predicted octanol–water partition coefficient (Wildman–Crippen LogP) is 1.39. The molecule has 0 aliphatic rings. The van der Waals surface area contributed by atoms with Crippen LogP contribution in [0.4, 0.5) is 4.79 Å².